The van der Waals surface area contributed by atoms with Gasteiger partial charge in [-0.1, -0.05) is 30.3 Å². The van der Waals surface area contributed by atoms with Crippen molar-refractivity contribution in [1.29, 1.82) is 0 Å². The van der Waals surface area contributed by atoms with E-state index in [0.717, 1.165) is 17.0 Å². The first-order chi connectivity index (χ1) is 14.0. The summed E-state index contributed by atoms with van der Waals surface area (Å²) in [6.07, 6.45) is 0.639. The minimum Gasteiger partial charge on any atom is -0.372 e. The Bertz CT molecular complexity index is 887. The highest BCUT2D eigenvalue weighted by molar-refractivity contribution is 5.88. The van der Waals surface area contributed by atoms with Crippen molar-refractivity contribution in [2.24, 2.45) is 5.41 Å². The molecule has 0 bridgehead atoms. The fourth-order valence-corrected chi connectivity index (χ4v) is 4.37. The molecule has 0 aliphatic carbocycles. The van der Waals surface area contributed by atoms with E-state index in [2.05, 4.69) is 5.10 Å². The molecule has 154 valence electrons. The maximum Gasteiger partial charge on any atom is 0.248 e. The second-order valence-corrected chi connectivity index (χ2v) is 8.06. The van der Waals surface area contributed by atoms with Gasteiger partial charge in [0.15, 0.2) is 0 Å². The molecule has 2 amide bonds. The summed E-state index contributed by atoms with van der Waals surface area (Å²) < 4.78 is 7.25. The molecule has 29 heavy (non-hydrogen) atoms. The molecule has 0 saturated carbocycles. The average Bonchev–Trinajstić information content (AvgIpc) is 3.08. The number of aromatic nitrogens is 2. The number of ether oxygens (including phenoxy) is 1. The van der Waals surface area contributed by atoms with Crippen molar-refractivity contribution < 1.29 is 14.3 Å². The molecular formula is C22H28N4O3. The molecule has 0 radical (unpaired) electrons. The molecule has 0 atom stereocenters. The number of hydrogen-bond donors (Lipinski definition) is 0. The highest BCUT2D eigenvalue weighted by Gasteiger charge is 2.52. The lowest BCUT2D eigenvalue weighted by molar-refractivity contribution is -0.164. The van der Waals surface area contributed by atoms with E-state index in [1.807, 2.05) is 59.8 Å². The van der Waals surface area contributed by atoms with Crippen LogP contribution in [0.15, 0.2) is 36.4 Å². The smallest absolute Gasteiger partial charge is 0.248 e. The number of likely N-dealkylation sites (tertiary alicyclic amines) is 1. The third-order valence-electron chi connectivity index (χ3n) is 5.82. The number of aryl methyl sites for hydroxylation is 1. The van der Waals surface area contributed by atoms with Gasteiger partial charge in [-0.25, -0.2) is 0 Å². The molecule has 0 spiro atoms. The highest BCUT2D eigenvalue weighted by Crippen LogP contribution is 2.37. The van der Waals surface area contributed by atoms with Crippen LogP contribution in [0.2, 0.25) is 0 Å². The predicted molar refractivity (Wildman–Crippen MR) is 108 cm³/mol. The van der Waals surface area contributed by atoms with E-state index in [1.165, 1.54) is 0 Å². The van der Waals surface area contributed by atoms with Gasteiger partial charge in [0.1, 0.15) is 6.61 Å². The number of benzene rings is 1. The number of amides is 2. The number of hydrogen-bond acceptors (Lipinski definition) is 4. The first-order valence-corrected chi connectivity index (χ1v) is 10.2. The zero-order valence-corrected chi connectivity index (χ0v) is 17.1. The Balaban J connectivity index is 1.51. The van der Waals surface area contributed by atoms with Crippen LogP contribution >= 0.6 is 0 Å². The number of carbonyl (C=O) groups excluding carboxylic acids is 2. The van der Waals surface area contributed by atoms with Crippen LogP contribution in [-0.4, -0.2) is 64.2 Å². The Morgan fingerprint density at radius 1 is 1.14 bits per heavy atom. The van der Waals surface area contributed by atoms with Gasteiger partial charge in [-0.2, -0.15) is 5.10 Å². The molecule has 7 nitrogen and oxygen atoms in total. The SMILES string of the molecule is CCOCC(=O)N1CC(Cc2ccccc2)(C(=O)N2CCn3nc(C)cc3C2)C1. The van der Waals surface area contributed by atoms with Gasteiger partial charge in [0, 0.05) is 26.2 Å². The molecule has 7 heteroatoms. The van der Waals surface area contributed by atoms with Crippen LogP contribution in [0, 0.1) is 12.3 Å². The first-order valence-electron chi connectivity index (χ1n) is 10.2. The fourth-order valence-electron chi connectivity index (χ4n) is 4.37. The normalized spacial score (nSPS) is 17.6. The van der Waals surface area contributed by atoms with Crippen molar-refractivity contribution in [2.75, 3.05) is 32.8 Å². The average molecular weight is 396 g/mol. The van der Waals surface area contributed by atoms with Crippen LogP contribution in [0.4, 0.5) is 0 Å². The number of carbonyl (C=O) groups is 2. The maximum absolute atomic E-state index is 13.6. The van der Waals surface area contributed by atoms with Crippen molar-refractivity contribution in [2.45, 2.75) is 33.4 Å². The van der Waals surface area contributed by atoms with Crippen LogP contribution < -0.4 is 0 Å². The zero-order chi connectivity index (χ0) is 20.4. The molecule has 3 heterocycles. The maximum atomic E-state index is 13.6. The second-order valence-electron chi connectivity index (χ2n) is 8.06. The van der Waals surface area contributed by atoms with Crippen LogP contribution in [0.25, 0.3) is 0 Å². The zero-order valence-electron chi connectivity index (χ0n) is 17.1. The Labute approximate surface area is 171 Å². The summed E-state index contributed by atoms with van der Waals surface area (Å²) in [5, 5.41) is 4.48. The topological polar surface area (TPSA) is 67.7 Å². The summed E-state index contributed by atoms with van der Waals surface area (Å²) in [6, 6.07) is 12.1. The van der Waals surface area contributed by atoms with Crippen LogP contribution in [0.5, 0.6) is 0 Å². The van der Waals surface area contributed by atoms with Gasteiger partial charge in [0.05, 0.1) is 29.9 Å². The summed E-state index contributed by atoms with van der Waals surface area (Å²) in [4.78, 5) is 29.7. The summed E-state index contributed by atoms with van der Waals surface area (Å²) >= 11 is 0. The molecule has 0 N–H and O–H groups in total. The summed E-state index contributed by atoms with van der Waals surface area (Å²) in [7, 11) is 0. The molecular weight excluding hydrogens is 368 g/mol. The molecule has 0 unspecified atom stereocenters. The van der Waals surface area contributed by atoms with E-state index in [9.17, 15) is 9.59 Å². The summed E-state index contributed by atoms with van der Waals surface area (Å²) in [5.41, 5.74) is 2.60. The molecule has 1 fully saturated rings. The van der Waals surface area contributed by atoms with Crippen molar-refractivity contribution in [3.05, 3.63) is 53.3 Å². The molecule has 1 aromatic carbocycles. The molecule has 2 aromatic rings. The minimum absolute atomic E-state index is 0.0457. The van der Waals surface area contributed by atoms with Crippen molar-refractivity contribution in [1.82, 2.24) is 19.6 Å². The number of fused-ring (bicyclic) bond motifs is 1. The van der Waals surface area contributed by atoms with Gasteiger partial charge in [-0.05, 0) is 31.9 Å². The Morgan fingerprint density at radius 2 is 1.90 bits per heavy atom. The fraction of sp³-hybridized carbons (Fsp3) is 0.500. The van der Waals surface area contributed by atoms with Crippen molar-refractivity contribution in [3.8, 4) is 0 Å². The van der Waals surface area contributed by atoms with Gasteiger partial charge in [-0.15, -0.1) is 0 Å². The number of rotatable bonds is 6. The van der Waals surface area contributed by atoms with Crippen LogP contribution in [-0.2, 0) is 33.8 Å². The highest BCUT2D eigenvalue weighted by atomic mass is 16.5. The summed E-state index contributed by atoms with van der Waals surface area (Å²) in [5.74, 6) is 0.0857. The van der Waals surface area contributed by atoms with Gasteiger partial charge >= 0.3 is 0 Å². The van der Waals surface area contributed by atoms with E-state index in [0.29, 0.717) is 45.8 Å². The van der Waals surface area contributed by atoms with Gasteiger partial charge in [-0.3, -0.25) is 14.3 Å². The molecule has 4 rings (SSSR count). The molecule has 2 aliphatic heterocycles. The monoisotopic (exact) mass is 396 g/mol. The van der Waals surface area contributed by atoms with Crippen LogP contribution in [0.1, 0.15) is 23.9 Å². The molecule has 1 saturated heterocycles. The second kappa shape index (κ2) is 7.99. The van der Waals surface area contributed by atoms with E-state index < -0.39 is 5.41 Å². The van der Waals surface area contributed by atoms with Crippen molar-refractivity contribution >= 4 is 11.8 Å². The summed E-state index contributed by atoms with van der Waals surface area (Å²) in [6.45, 7) is 7.26. The van der Waals surface area contributed by atoms with Crippen LogP contribution in [0.3, 0.4) is 0 Å². The Hall–Kier alpha value is -2.67. The van der Waals surface area contributed by atoms with E-state index in [4.69, 9.17) is 4.74 Å². The molecule has 1 aromatic heterocycles. The lowest BCUT2D eigenvalue weighted by Crippen LogP contribution is -2.66. The quantitative estimate of drug-likeness (QED) is 0.745. The van der Waals surface area contributed by atoms with Crippen molar-refractivity contribution in [3.63, 3.8) is 0 Å². The number of nitrogens with zero attached hydrogens (tertiary/aromatic N) is 4. The first kappa shape index (κ1) is 19.6. The Morgan fingerprint density at radius 3 is 2.62 bits per heavy atom. The third-order valence-corrected chi connectivity index (χ3v) is 5.82. The minimum atomic E-state index is -0.569. The van der Waals surface area contributed by atoms with Gasteiger partial charge < -0.3 is 14.5 Å². The Kier molecular flexibility index (Phi) is 5.41. The lowest BCUT2D eigenvalue weighted by atomic mass is 9.73. The molecule has 2 aliphatic rings. The lowest BCUT2D eigenvalue weighted by Gasteiger charge is -2.51. The van der Waals surface area contributed by atoms with Gasteiger partial charge in [0.25, 0.3) is 0 Å². The predicted octanol–water partition coefficient (Wildman–Crippen LogP) is 1.64. The standard InChI is InChI=1S/C22H28N4O3/c1-3-29-14-20(27)25-15-22(16-25,12-18-7-5-4-6-8-18)21(28)24-9-10-26-19(13-24)11-17(2)23-26/h4-8,11H,3,9-10,12-16H2,1-2H3. The van der Waals surface area contributed by atoms with E-state index in [-0.39, 0.29) is 18.4 Å². The van der Waals surface area contributed by atoms with E-state index >= 15 is 0 Å². The van der Waals surface area contributed by atoms with E-state index in [1.54, 1.807) is 4.90 Å². The van der Waals surface area contributed by atoms with Gasteiger partial charge in [0.2, 0.25) is 11.8 Å². The largest absolute Gasteiger partial charge is 0.372 e. The third kappa shape index (κ3) is 3.92.